The summed E-state index contributed by atoms with van der Waals surface area (Å²) in [5.74, 6) is 0.546. The summed E-state index contributed by atoms with van der Waals surface area (Å²) >= 11 is 0. The standard InChI is InChI=1S/C11H18N2O/c1-3-4-9(2)7-11(14)10-5-6-12-8-13-10/h5-6,8-9,11,14H,3-4,7H2,1-2H3. The van der Waals surface area contributed by atoms with Crippen molar-refractivity contribution < 1.29 is 5.11 Å². The minimum atomic E-state index is -0.445. The Balaban J connectivity index is 2.46. The fourth-order valence-electron chi connectivity index (χ4n) is 1.61. The summed E-state index contributed by atoms with van der Waals surface area (Å²) in [6, 6.07) is 1.77. The van der Waals surface area contributed by atoms with Crippen LogP contribution in [-0.2, 0) is 0 Å². The second-order valence-corrected chi connectivity index (χ2v) is 3.78. The summed E-state index contributed by atoms with van der Waals surface area (Å²) in [6.07, 6.45) is 5.79. The Morgan fingerprint density at radius 1 is 1.50 bits per heavy atom. The summed E-state index contributed by atoms with van der Waals surface area (Å²) in [6.45, 7) is 4.32. The fraction of sp³-hybridized carbons (Fsp3) is 0.636. The van der Waals surface area contributed by atoms with E-state index < -0.39 is 6.10 Å². The zero-order chi connectivity index (χ0) is 10.4. The van der Waals surface area contributed by atoms with Gasteiger partial charge < -0.3 is 5.11 Å². The lowest BCUT2D eigenvalue weighted by atomic mass is 9.97. The average Bonchev–Trinajstić information content (AvgIpc) is 2.19. The molecule has 1 N–H and O–H groups in total. The van der Waals surface area contributed by atoms with Gasteiger partial charge in [0, 0.05) is 6.20 Å². The van der Waals surface area contributed by atoms with Crippen LogP contribution in [0, 0.1) is 5.92 Å². The first-order valence-corrected chi connectivity index (χ1v) is 5.18. The molecule has 1 aromatic heterocycles. The Morgan fingerprint density at radius 3 is 2.86 bits per heavy atom. The van der Waals surface area contributed by atoms with Gasteiger partial charge in [0.05, 0.1) is 11.8 Å². The van der Waals surface area contributed by atoms with Crippen molar-refractivity contribution in [3.8, 4) is 0 Å². The maximum atomic E-state index is 9.83. The van der Waals surface area contributed by atoms with Crippen LogP contribution in [0.15, 0.2) is 18.6 Å². The van der Waals surface area contributed by atoms with Crippen molar-refractivity contribution >= 4 is 0 Å². The summed E-state index contributed by atoms with van der Waals surface area (Å²) in [5.41, 5.74) is 0.725. The molecule has 2 unspecified atom stereocenters. The van der Waals surface area contributed by atoms with E-state index in [4.69, 9.17) is 0 Å². The second kappa shape index (κ2) is 5.70. The number of aliphatic hydroxyl groups is 1. The quantitative estimate of drug-likeness (QED) is 0.782. The highest BCUT2D eigenvalue weighted by molar-refractivity contribution is 5.01. The number of aliphatic hydroxyl groups excluding tert-OH is 1. The predicted octanol–water partition coefficient (Wildman–Crippen LogP) is 2.34. The van der Waals surface area contributed by atoms with E-state index in [-0.39, 0.29) is 0 Å². The van der Waals surface area contributed by atoms with E-state index in [1.54, 1.807) is 12.3 Å². The zero-order valence-corrected chi connectivity index (χ0v) is 8.85. The Morgan fingerprint density at radius 2 is 2.29 bits per heavy atom. The monoisotopic (exact) mass is 194 g/mol. The van der Waals surface area contributed by atoms with Crippen LogP contribution in [0.3, 0.4) is 0 Å². The molecule has 2 atom stereocenters. The third kappa shape index (κ3) is 3.42. The van der Waals surface area contributed by atoms with E-state index in [9.17, 15) is 5.11 Å². The van der Waals surface area contributed by atoms with Crippen molar-refractivity contribution in [1.82, 2.24) is 9.97 Å². The molecule has 0 aliphatic heterocycles. The van der Waals surface area contributed by atoms with Crippen molar-refractivity contribution in [1.29, 1.82) is 0 Å². The number of rotatable bonds is 5. The van der Waals surface area contributed by atoms with Crippen LogP contribution in [0.4, 0.5) is 0 Å². The van der Waals surface area contributed by atoms with Crippen LogP contribution in [0.25, 0.3) is 0 Å². The summed E-state index contributed by atoms with van der Waals surface area (Å²) in [5, 5.41) is 9.83. The van der Waals surface area contributed by atoms with Crippen molar-refractivity contribution in [3.05, 3.63) is 24.3 Å². The van der Waals surface area contributed by atoms with Crippen LogP contribution in [0.5, 0.6) is 0 Å². The minimum absolute atomic E-state index is 0.445. The van der Waals surface area contributed by atoms with E-state index in [2.05, 4.69) is 23.8 Å². The van der Waals surface area contributed by atoms with Gasteiger partial charge in [-0.05, 0) is 18.4 Å². The van der Waals surface area contributed by atoms with Gasteiger partial charge in [-0.15, -0.1) is 0 Å². The third-order valence-electron chi connectivity index (χ3n) is 2.35. The van der Waals surface area contributed by atoms with Crippen molar-refractivity contribution in [2.75, 3.05) is 0 Å². The van der Waals surface area contributed by atoms with Crippen LogP contribution in [-0.4, -0.2) is 15.1 Å². The van der Waals surface area contributed by atoms with Crippen molar-refractivity contribution in [2.45, 2.75) is 39.2 Å². The molecule has 0 aliphatic rings. The van der Waals surface area contributed by atoms with Gasteiger partial charge in [0.25, 0.3) is 0 Å². The maximum Gasteiger partial charge on any atom is 0.115 e. The molecule has 3 heteroatoms. The first-order valence-electron chi connectivity index (χ1n) is 5.18. The first-order chi connectivity index (χ1) is 6.74. The molecule has 0 aromatic carbocycles. The van der Waals surface area contributed by atoms with Crippen LogP contribution >= 0.6 is 0 Å². The average molecular weight is 194 g/mol. The SMILES string of the molecule is CCCC(C)CC(O)c1ccncn1. The fourth-order valence-corrected chi connectivity index (χ4v) is 1.61. The molecular formula is C11H18N2O. The van der Waals surface area contributed by atoms with Gasteiger partial charge in [-0.25, -0.2) is 9.97 Å². The van der Waals surface area contributed by atoms with Gasteiger partial charge in [-0.2, -0.15) is 0 Å². The Kier molecular flexibility index (Phi) is 4.53. The molecule has 0 bridgehead atoms. The van der Waals surface area contributed by atoms with Gasteiger partial charge in [0.2, 0.25) is 0 Å². The molecule has 1 aromatic rings. The molecule has 3 nitrogen and oxygen atoms in total. The van der Waals surface area contributed by atoms with E-state index in [1.807, 2.05) is 0 Å². The topological polar surface area (TPSA) is 46.0 Å². The van der Waals surface area contributed by atoms with Crippen LogP contribution in [0.2, 0.25) is 0 Å². The van der Waals surface area contributed by atoms with E-state index in [0.29, 0.717) is 5.92 Å². The lowest BCUT2D eigenvalue weighted by Gasteiger charge is -2.14. The van der Waals surface area contributed by atoms with Crippen LogP contribution in [0.1, 0.15) is 44.9 Å². The van der Waals surface area contributed by atoms with Gasteiger partial charge in [0.15, 0.2) is 0 Å². The van der Waals surface area contributed by atoms with Crippen molar-refractivity contribution in [2.24, 2.45) is 5.92 Å². The van der Waals surface area contributed by atoms with E-state index in [1.165, 1.54) is 6.33 Å². The molecule has 1 heterocycles. The smallest absolute Gasteiger partial charge is 0.115 e. The highest BCUT2D eigenvalue weighted by atomic mass is 16.3. The molecule has 0 radical (unpaired) electrons. The molecule has 0 saturated heterocycles. The Bertz CT molecular complexity index is 251. The number of nitrogens with zero attached hydrogens (tertiary/aromatic N) is 2. The molecule has 1 rings (SSSR count). The Hall–Kier alpha value is -0.960. The largest absolute Gasteiger partial charge is 0.387 e. The predicted molar refractivity (Wildman–Crippen MR) is 55.7 cm³/mol. The zero-order valence-electron chi connectivity index (χ0n) is 8.85. The number of hydrogen-bond acceptors (Lipinski definition) is 3. The van der Waals surface area contributed by atoms with E-state index in [0.717, 1.165) is 25.0 Å². The molecule has 14 heavy (non-hydrogen) atoms. The highest BCUT2D eigenvalue weighted by Gasteiger charge is 2.12. The van der Waals surface area contributed by atoms with Gasteiger partial charge in [-0.3, -0.25) is 0 Å². The Labute approximate surface area is 85.2 Å². The molecule has 0 spiro atoms. The number of aromatic nitrogens is 2. The lowest BCUT2D eigenvalue weighted by Crippen LogP contribution is -2.06. The molecule has 78 valence electrons. The van der Waals surface area contributed by atoms with Gasteiger partial charge in [-0.1, -0.05) is 26.7 Å². The summed E-state index contributed by atoms with van der Waals surface area (Å²) in [4.78, 5) is 7.85. The summed E-state index contributed by atoms with van der Waals surface area (Å²) < 4.78 is 0. The van der Waals surface area contributed by atoms with Gasteiger partial charge in [0.1, 0.15) is 6.33 Å². The highest BCUT2D eigenvalue weighted by Crippen LogP contribution is 2.21. The molecule has 0 aliphatic carbocycles. The van der Waals surface area contributed by atoms with Crippen LogP contribution < -0.4 is 0 Å². The minimum Gasteiger partial charge on any atom is -0.387 e. The molecule has 0 fully saturated rings. The molecule has 0 saturated carbocycles. The number of hydrogen-bond donors (Lipinski definition) is 1. The van der Waals surface area contributed by atoms with E-state index >= 15 is 0 Å². The maximum absolute atomic E-state index is 9.83. The second-order valence-electron chi connectivity index (χ2n) is 3.78. The third-order valence-corrected chi connectivity index (χ3v) is 2.35. The molecule has 0 amide bonds. The first kappa shape index (κ1) is 11.1. The van der Waals surface area contributed by atoms with Crippen molar-refractivity contribution in [3.63, 3.8) is 0 Å². The normalized spacial score (nSPS) is 15.1. The molecular weight excluding hydrogens is 176 g/mol. The lowest BCUT2D eigenvalue weighted by molar-refractivity contribution is 0.140. The summed E-state index contributed by atoms with van der Waals surface area (Å²) in [7, 11) is 0. The van der Waals surface area contributed by atoms with Gasteiger partial charge >= 0.3 is 0 Å².